The van der Waals surface area contributed by atoms with E-state index < -0.39 is 6.02 Å². The van der Waals surface area contributed by atoms with Gasteiger partial charge in [-0.05, 0) is 60.9 Å². The van der Waals surface area contributed by atoms with Gasteiger partial charge >= 0.3 is 0 Å². The van der Waals surface area contributed by atoms with Gasteiger partial charge in [-0.25, -0.2) is 4.39 Å². The van der Waals surface area contributed by atoms with E-state index >= 15 is 0 Å². The Bertz CT molecular complexity index is 1500. The highest BCUT2D eigenvalue weighted by atomic mass is 35.5. The van der Waals surface area contributed by atoms with Crippen molar-refractivity contribution in [2.24, 2.45) is 5.41 Å². The number of benzene rings is 2. The lowest BCUT2D eigenvalue weighted by Crippen LogP contribution is -2.38. The fraction of sp³-hybridized carbons (Fsp3) is 0.379. The molecule has 3 aromatic rings. The summed E-state index contributed by atoms with van der Waals surface area (Å²) in [6, 6.07) is 10.6. The predicted molar refractivity (Wildman–Crippen MR) is 150 cm³/mol. The molecule has 1 aliphatic carbocycles. The highest BCUT2D eigenvalue weighted by Crippen LogP contribution is 2.38. The first-order valence-electron chi connectivity index (χ1n) is 13.7. The van der Waals surface area contributed by atoms with Crippen molar-refractivity contribution in [3.63, 3.8) is 0 Å². The van der Waals surface area contributed by atoms with Crippen LogP contribution in [0.2, 0.25) is 5.02 Å². The van der Waals surface area contributed by atoms with Gasteiger partial charge in [0, 0.05) is 49.3 Å². The molecule has 2 aliphatic heterocycles. The lowest BCUT2D eigenvalue weighted by Gasteiger charge is -2.34. The average molecular weight is 549 g/mol. The summed E-state index contributed by atoms with van der Waals surface area (Å²) in [5, 5.41) is 19.8. The second kappa shape index (κ2) is 10.5. The van der Waals surface area contributed by atoms with Crippen molar-refractivity contribution in [2.75, 3.05) is 30.4 Å². The Balaban J connectivity index is 1.39. The van der Waals surface area contributed by atoms with Crippen LogP contribution in [0, 0.1) is 22.6 Å². The van der Waals surface area contributed by atoms with Crippen LogP contribution in [0.25, 0.3) is 10.9 Å². The monoisotopic (exact) mass is 548 g/mol. The van der Waals surface area contributed by atoms with E-state index in [-0.39, 0.29) is 11.2 Å². The third-order valence-electron chi connectivity index (χ3n) is 7.64. The van der Waals surface area contributed by atoms with E-state index in [2.05, 4.69) is 39.6 Å². The fourth-order valence-electron chi connectivity index (χ4n) is 5.01. The van der Waals surface area contributed by atoms with E-state index in [4.69, 9.17) is 16.3 Å². The number of fused-ring (bicyclic) bond motifs is 1. The Hall–Kier alpha value is -3.58. The molecular formula is C29H31ClFN7O. The summed E-state index contributed by atoms with van der Waals surface area (Å²) in [6.07, 6.45) is 7.40. The first kappa shape index (κ1) is 24.5. The second-order valence-electron chi connectivity index (χ2n) is 10.7. The van der Waals surface area contributed by atoms with Gasteiger partial charge in [-0.3, -0.25) is 9.99 Å². The molecule has 0 radical (unpaired) electrons. The summed E-state index contributed by atoms with van der Waals surface area (Å²) < 4.78 is 29.0. The van der Waals surface area contributed by atoms with Crippen molar-refractivity contribution in [3.05, 3.63) is 76.5 Å². The van der Waals surface area contributed by atoms with E-state index in [1.807, 2.05) is 17.3 Å². The molecular weight excluding hydrogens is 517 g/mol. The van der Waals surface area contributed by atoms with E-state index in [1.165, 1.54) is 18.3 Å². The van der Waals surface area contributed by atoms with Crippen molar-refractivity contribution in [1.29, 1.82) is 5.26 Å². The SMILES string of the molecule is [2H]C(Nc1cc(Cl)c2ncc(C#N)c(NCC3(C)CCOCC3)c2c1)(C1=CN(C2CC2)NN1)c1ccc(F)cc1. The van der Waals surface area contributed by atoms with Crippen LogP contribution < -0.4 is 21.6 Å². The first-order valence-corrected chi connectivity index (χ1v) is 13.6. The number of hydrogen-bond donors (Lipinski definition) is 4. The number of halogens is 2. The molecule has 0 spiro atoms. The van der Waals surface area contributed by atoms with Crippen LogP contribution in [0.5, 0.6) is 0 Å². The Morgan fingerprint density at radius 1 is 1.31 bits per heavy atom. The highest BCUT2D eigenvalue weighted by molar-refractivity contribution is 6.35. The Labute approximate surface area is 233 Å². The van der Waals surface area contributed by atoms with Crippen LogP contribution in [0.3, 0.4) is 0 Å². The fourth-order valence-corrected chi connectivity index (χ4v) is 5.28. The number of anilines is 2. The van der Waals surface area contributed by atoms with Gasteiger partial charge in [0.05, 0.1) is 34.9 Å². The highest BCUT2D eigenvalue weighted by Gasteiger charge is 2.32. The summed E-state index contributed by atoms with van der Waals surface area (Å²) in [6.45, 7) is 4.31. The molecule has 0 bridgehead atoms. The minimum absolute atomic E-state index is 0.0280. The molecule has 6 rings (SSSR count). The van der Waals surface area contributed by atoms with Crippen LogP contribution >= 0.6 is 11.6 Å². The molecule has 0 amide bonds. The minimum atomic E-state index is -1.51. The molecule has 1 saturated carbocycles. The van der Waals surface area contributed by atoms with E-state index in [1.54, 1.807) is 18.2 Å². The summed E-state index contributed by atoms with van der Waals surface area (Å²) >= 11 is 6.74. The number of hydrazine groups is 2. The van der Waals surface area contributed by atoms with Crippen molar-refractivity contribution >= 4 is 33.9 Å². The van der Waals surface area contributed by atoms with E-state index in [9.17, 15) is 11.0 Å². The van der Waals surface area contributed by atoms with E-state index in [0.717, 1.165) is 25.7 Å². The van der Waals surface area contributed by atoms with Gasteiger partial charge in [0.1, 0.15) is 11.9 Å². The number of pyridine rings is 1. The normalized spacial score (nSPS) is 20.4. The van der Waals surface area contributed by atoms with Gasteiger partial charge in [-0.15, -0.1) is 5.53 Å². The zero-order valence-corrected chi connectivity index (χ0v) is 22.4. The maximum atomic E-state index is 13.8. The Morgan fingerprint density at radius 2 is 2.08 bits per heavy atom. The quantitative estimate of drug-likeness (QED) is 0.288. The number of rotatable bonds is 8. The van der Waals surface area contributed by atoms with Gasteiger partial charge in [-0.2, -0.15) is 5.26 Å². The number of nitrogens with one attached hydrogen (secondary N) is 4. The van der Waals surface area contributed by atoms with Crippen molar-refractivity contribution in [1.82, 2.24) is 21.0 Å². The predicted octanol–water partition coefficient (Wildman–Crippen LogP) is 5.61. The molecule has 1 unspecified atom stereocenters. The largest absolute Gasteiger partial charge is 0.383 e. The van der Waals surface area contributed by atoms with Crippen molar-refractivity contribution in [2.45, 2.75) is 44.7 Å². The summed E-state index contributed by atoms with van der Waals surface area (Å²) in [4.78, 5) is 4.47. The Morgan fingerprint density at radius 3 is 2.79 bits per heavy atom. The number of hydrogen-bond acceptors (Lipinski definition) is 8. The molecule has 1 aromatic heterocycles. The molecule has 4 N–H and O–H groups in total. The lowest BCUT2D eigenvalue weighted by molar-refractivity contribution is 0.0300. The number of aromatic nitrogens is 1. The molecule has 3 aliphatic rings. The van der Waals surface area contributed by atoms with Crippen LogP contribution in [-0.4, -0.2) is 35.8 Å². The molecule has 3 heterocycles. The summed E-state index contributed by atoms with van der Waals surface area (Å²) in [5.41, 5.74) is 9.55. The van der Waals surface area contributed by atoms with Crippen LogP contribution in [0.1, 0.15) is 51.1 Å². The van der Waals surface area contributed by atoms with Gasteiger partial charge in [-0.1, -0.05) is 30.7 Å². The maximum Gasteiger partial charge on any atom is 0.123 e. The van der Waals surface area contributed by atoms with E-state index in [0.29, 0.717) is 69.9 Å². The van der Waals surface area contributed by atoms with Gasteiger partial charge in [0.25, 0.3) is 0 Å². The third kappa shape index (κ3) is 5.46. The lowest BCUT2D eigenvalue weighted by atomic mass is 9.82. The first-order chi connectivity index (χ1) is 19.3. The second-order valence-corrected chi connectivity index (χ2v) is 11.1. The van der Waals surface area contributed by atoms with Crippen molar-refractivity contribution in [3.8, 4) is 6.07 Å². The van der Waals surface area contributed by atoms with Gasteiger partial charge in [0.2, 0.25) is 0 Å². The number of ether oxygens (including phenoxy) is 1. The molecule has 2 aromatic carbocycles. The van der Waals surface area contributed by atoms with Crippen LogP contribution in [0.15, 0.2) is 54.5 Å². The zero-order valence-electron chi connectivity index (χ0n) is 22.7. The Kier molecular flexibility index (Phi) is 6.60. The van der Waals surface area contributed by atoms with Crippen LogP contribution in [-0.2, 0) is 4.74 Å². The molecule has 8 nitrogen and oxygen atoms in total. The van der Waals surface area contributed by atoms with Gasteiger partial charge in [0.15, 0.2) is 0 Å². The smallest absolute Gasteiger partial charge is 0.123 e. The van der Waals surface area contributed by atoms with Crippen molar-refractivity contribution < 1.29 is 10.5 Å². The number of nitriles is 1. The molecule has 10 heteroatoms. The zero-order chi connectivity index (χ0) is 27.9. The molecule has 1 saturated heterocycles. The summed E-state index contributed by atoms with van der Waals surface area (Å²) in [7, 11) is 0. The summed E-state index contributed by atoms with van der Waals surface area (Å²) in [5.74, 6) is -0.380. The topological polar surface area (TPSA) is 97.3 Å². The standard InChI is InChI=1S/C29H31ClFN7O/c1-29(8-10-39-11-9-29)17-34-26-19(14-32)15-33-28-23(26)12-21(13-24(28)30)35-27(18-2-4-20(31)5-3-18)25-16-38(37-36-25)22-6-7-22/h2-5,12-13,15-16,22,27,35-37H,6-11,17H2,1H3,(H,33,34)/i27D. The molecule has 2 fully saturated rings. The van der Waals surface area contributed by atoms with Gasteiger partial charge < -0.3 is 20.8 Å². The number of nitrogens with zero attached hydrogens (tertiary/aromatic N) is 3. The molecule has 202 valence electrons. The minimum Gasteiger partial charge on any atom is -0.383 e. The maximum absolute atomic E-state index is 13.8. The molecule has 1 atom stereocenters. The van der Waals surface area contributed by atoms with Crippen LogP contribution in [0.4, 0.5) is 15.8 Å². The third-order valence-corrected chi connectivity index (χ3v) is 7.92. The molecule has 39 heavy (non-hydrogen) atoms. The average Bonchev–Trinajstić information content (AvgIpc) is 3.68.